The summed E-state index contributed by atoms with van der Waals surface area (Å²) in [7, 11) is 0. The molecule has 0 bridgehead atoms. The standard InChI is InChI=1S/C20H24FN5O2.C15H16FN5.16H2/c1-11-23-10-13-16(24-11)9-20(5,14-8-12(22)6-7-15(14)21)26-17(13)25-18(27)28-19(2,3)4;1-8-19-7-10-13(20-8)6-15(2,21-14(10)18)11-5-9(17)3-4-12(11)16;;;;;;;;;;;;;;;;/h6-8,10H,9,22H2,1-5H3,(H,25,26,27);3-5,7H,6,17H2,1-2H3,(H2,18,21);16*1H/t20-;15-;;;;;;;;;;;;;;;;/m00................/s1/i;;15*1+1D;1+1. The molecule has 0 saturated carbocycles. The van der Waals surface area contributed by atoms with Crippen LogP contribution < -0.4 is 22.5 Å². The van der Waals surface area contributed by atoms with Gasteiger partial charge in [-0.05, 0) is 84.9 Å². The van der Waals surface area contributed by atoms with Crippen molar-refractivity contribution in [1.29, 1.82) is 0 Å². The molecule has 2 aliphatic rings. The van der Waals surface area contributed by atoms with Gasteiger partial charge in [-0.3, -0.25) is 15.3 Å². The normalized spacial score (nSPS) is 22.1. The molecule has 0 fully saturated rings. The molecule has 288 valence electrons. The first kappa shape index (κ1) is 20.1. The highest BCUT2D eigenvalue weighted by Crippen LogP contribution is 2.38. The third kappa shape index (κ3) is 7.63. The predicted molar refractivity (Wildman–Crippen MR) is 218 cm³/mol. The highest BCUT2D eigenvalue weighted by atomic mass is 19.1. The molecule has 14 heteroatoms. The van der Waals surface area contributed by atoms with E-state index in [1.165, 1.54) is 24.3 Å². The summed E-state index contributed by atoms with van der Waals surface area (Å²) in [6.45, 7) is 12.5. The molecular formula is C35H72F2N10O2. The first-order valence-electron chi connectivity index (χ1n) is 30.6. The average molecular weight is 734 g/mol. The second-order valence-electron chi connectivity index (χ2n) is 13.5. The fourth-order valence-electron chi connectivity index (χ4n) is 5.80. The molecule has 12 nitrogen and oxygen atoms in total. The number of rotatable bonds is 2. The van der Waals surface area contributed by atoms with Gasteiger partial charge in [0.25, 0.3) is 0 Å². The lowest BCUT2D eigenvalue weighted by atomic mass is 9.84. The molecule has 4 aromatic rings. The van der Waals surface area contributed by atoms with Gasteiger partial charge in [0.15, 0.2) is 0 Å². The number of hydrogen-bond donors (Lipinski definition) is 4. The summed E-state index contributed by atoms with van der Waals surface area (Å²) >= 11 is 0. The summed E-state index contributed by atoms with van der Waals surface area (Å²) in [6, 6.07) is 8.84. The summed E-state index contributed by atoms with van der Waals surface area (Å²) < 4.78 is 184. The lowest BCUT2D eigenvalue weighted by Gasteiger charge is -2.32. The predicted octanol–water partition coefficient (Wildman–Crippen LogP) is 8.87. The van der Waals surface area contributed by atoms with Crippen LogP contribution in [0, 0.1) is 25.5 Å². The van der Waals surface area contributed by atoms with Crippen LogP contribution in [0.25, 0.3) is 0 Å². The van der Waals surface area contributed by atoms with Crippen molar-refractivity contribution in [3.8, 4) is 0 Å². The minimum absolute atomic E-state index is 0. The SMILES string of the molecule is Cc1ncc2c(n1)C[C@@](C)(c1cc(N)ccc1F)N=C2N.Cc1ncc2c(n1)C[C@@](C)(c1cc(N)ccc1F)N=C2NC(=O)OC(C)(C)C.[2HH].[2H][2H].[2H][2H].[2H][2H].[2H][2H].[2H][2H].[2H][2H].[2H][2H].[2H][2H].[2H][2H].[2H][2H].[2H][2H].[2H][2H].[2H][2H].[2H][2H].[2H][2H]. The molecule has 1 amide bonds. The Kier molecular flexibility index (Phi) is 5.26. The zero-order chi connectivity index (χ0) is 65.9. The van der Waals surface area contributed by atoms with Crippen molar-refractivity contribution in [3.63, 3.8) is 0 Å². The average Bonchev–Trinajstić information content (AvgIpc) is 3.49. The van der Waals surface area contributed by atoms with Crippen molar-refractivity contribution in [2.75, 3.05) is 11.5 Å². The van der Waals surface area contributed by atoms with E-state index in [0.717, 1.165) is 5.69 Å². The molecule has 2 atom stereocenters. The minimum Gasteiger partial charge on any atom is -0.444 e. The van der Waals surface area contributed by atoms with E-state index in [0.29, 0.717) is 69.6 Å². The largest absolute Gasteiger partial charge is 0.444 e. The highest BCUT2D eigenvalue weighted by Gasteiger charge is 2.38. The number of aromatic nitrogens is 4. The minimum atomic E-state index is -1.00. The summed E-state index contributed by atoms with van der Waals surface area (Å²) in [5.74, 6) is 1.01. The molecule has 2 aromatic carbocycles. The molecule has 2 aliphatic heterocycles. The van der Waals surface area contributed by atoms with Crippen LogP contribution in [0.1, 0.15) is 126 Å². The van der Waals surface area contributed by atoms with Crippen LogP contribution in [0.15, 0.2) is 58.8 Å². The van der Waals surface area contributed by atoms with Gasteiger partial charge in [-0.15, -0.1) is 0 Å². The lowest BCUT2D eigenvalue weighted by molar-refractivity contribution is 0.0562. The highest BCUT2D eigenvalue weighted by molar-refractivity contribution is 6.07. The Balaban J connectivity index is -0.0000000788. The number of benzene rings is 2. The van der Waals surface area contributed by atoms with E-state index >= 15 is 0 Å². The van der Waals surface area contributed by atoms with Crippen LogP contribution in [0.2, 0.25) is 0 Å². The summed E-state index contributed by atoms with van der Waals surface area (Å²) in [5.41, 5.74) is 19.6. The Morgan fingerprint density at radius 2 is 1.31 bits per heavy atom. The number of nitrogens with two attached hydrogens (primary N) is 3. The maximum Gasteiger partial charge on any atom is 0.413 e. The lowest BCUT2D eigenvalue weighted by Crippen LogP contribution is -2.42. The molecule has 6 rings (SSSR count). The van der Waals surface area contributed by atoms with E-state index in [9.17, 15) is 13.6 Å². The Morgan fingerprint density at radius 1 is 0.837 bits per heavy atom. The molecular weight excluding hydrogens is 630 g/mol. The van der Waals surface area contributed by atoms with E-state index in [-0.39, 0.29) is 13.1 Å². The number of amides is 1. The fraction of sp³-hybridized carbons (Fsp3) is 0.343. The zero-order valence-corrected chi connectivity index (χ0v) is 28.5. The number of carbonyl (C=O) groups is 1. The maximum atomic E-state index is 14.6. The molecule has 0 saturated heterocycles. The van der Waals surface area contributed by atoms with Crippen LogP contribution >= 0.6 is 0 Å². The number of nitrogen functional groups attached to an aromatic ring is 2. The van der Waals surface area contributed by atoms with E-state index < -0.39 is 28.6 Å². The van der Waals surface area contributed by atoms with Gasteiger partial charge < -0.3 is 21.9 Å². The Labute approximate surface area is 331 Å². The van der Waals surface area contributed by atoms with Gasteiger partial charge in [0, 0.05) is 93.7 Å². The number of nitrogens with one attached hydrogen (secondary N) is 1. The van der Waals surface area contributed by atoms with Gasteiger partial charge in [0.2, 0.25) is 0 Å². The van der Waals surface area contributed by atoms with E-state index in [1.807, 2.05) is 6.92 Å². The number of ether oxygens (including phenoxy) is 1. The van der Waals surface area contributed by atoms with E-state index in [4.69, 9.17) is 66.5 Å². The fourth-order valence-corrected chi connectivity index (χ4v) is 5.80. The van der Waals surface area contributed by atoms with Crippen LogP contribution in [-0.4, -0.2) is 43.3 Å². The van der Waals surface area contributed by atoms with E-state index in [2.05, 4.69) is 35.2 Å². The maximum absolute atomic E-state index is 14.6. The number of nitrogens with zero attached hydrogens (tertiary/aromatic N) is 6. The molecule has 2 aromatic heterocycles. The van der Waals surface area contributed by atoms with Crippen LogP contribution in [0.3, 0.4) is 0 Å². The van der Waals surface area contributed by atoms with Gasteiger partial charge in [-0.25, -0.2) is 33.5 Å². The Bertz CT molecular complexity index is 2090. The summed E-state index contributed by atoms with van der Waals surface area (Å²) in [6.07, 6.45) is 3.39. The molecule has 49 heavy (non-hydrogen) atoms. The number of alkyl carbamates (subject to hydrolysis) is 1. The molecule has 0 aliphatic carbocycles. The number of aryl methyl sites for hydroxylation is 2. The second-order valence-corrected chi connectivity index (χ2v) is 13.5. The van der Waals surface area contributed by atoms with Crippen LogP contribution in [-0.2, 0) is 28.7 Å². The Hall–Kier alpha value is -5.53. The number of aliphatic imine (C=N–C) groups is 2. The number of amidine groups is 2. The topological polar surface area (TPSA) is 193 Å². The summed E-state index contributed by atoms with van der Waals surface area (Å²) in [5, 5.41) is 2.67. The van der Waals surface area contributed by atoms with Gasteiger partial charge in [0.05, 0.1) is 33.6 Å². The Morgan fingerprint density at radius 3 is 1.82 bits per heavy atom. The first-order chi connectivity index (χ1) is 37.9. The van der Waals surface area contributed by atoms with Crippen molar-refractivity contribution in [1.82, 2.24) is 25.3 Å². The van der Waals surface area contributed by atoms with Crippen LogP contribution in [0.5, 0.6) is 0 Å². The monoisotopic (exact) mass is 734 g/mol. The van der Waals surface area contributed by atoms with Gasteiger partial charge in [0.1, 0.15) is 40.6 Å². The number of anilines is 2. The van der Waals surface area contributed by atoms with Crippen molar-refractivity contribution < 1.29 is 64.3 Å². The van der Waals surface area contributed by atoms with Gasteiger partial charge in [-0.2, -0.15) is 0 Å². The van der Waals surface area contributed by atoms with Gasteiger partial charge in [-0.1, -0.05) is 0 Å². The van der Waals surface area contributed by atoms with Gasteiger partial charge >= 0.3 is 6.09 Å². The molecule has 0 spiro atoms. The van der Waals surface area contributed by atoms with Crippen molar-refractivity contribution >= 4 is 29.1 Å². The quantitative estimate of drug-likeness (QED) is 0.146. The summed E-state index contributed by atoms with van der Waals surface area (Å²) in [4.78, 5) is 38.7. The molecule has 4 heterocycles. The third-order valence-electron chi connectivity index (χ3n) is 8.02. The first-order valence-corrected chi connectivity index (χ1v) is 15.6. The van der Waals surface area contributed by atoms with Crippen molar-refractivity contribution in [2.24, 2.45) is 15.7 Å². The van der Waals surface area contributed by atoms with Crippen molar-refractivity contribution in [3.05, 3.63) is 106 Å². The smallest absolute Gasteiger partial charge is 0.413 e. The number of fused-ring (bicyclic) bond motifs is 2. The number of halogens is 2. The number of hydrogen-bond acceptors (Lipinski definition) is 11. The van der Waals surface area contributed by atoms with Crippen molar-refractivity contribution in [2.45, 2.75) is 78.0 Å². The third-order valence-corrected chi connectivity index (χ3v) is 8.02. The van der Waals surface area contributed by atoms with Crippen LogP contribution in [0.4, 0.5) is 25.0 Å². The molecule has 0 radical (unpaired) electrons. The second kappa shape index (κ2) is 12.8. The van der Waals surface area contributed by atoms with E-state index in [1.54, 1.807) is 66.1 Å². The molecule has 0 unspecified atom stereocenters. The molecule has 7 N–H and O–H groups in total. The number of carbonyl (C=O) groups excluding carboxylic acids is 1. The zero-order valence-electron chi connectivity index (χ0n) is 58.5.